The van der Waals surface area contributed by atoms with E-state index in [2.05, 4.69) is 10.4 Å². The van der Waals surface area contributed by atoms with Crippen LogP contribution in [0.1, 0.15) is 18.4 Å². The highest BCUT2D eigenvalue weighted by Crippen LogP contribution is 2.49. The van der Waals surface area contributed by atoms with Gasteiger partial charge >= 0.3 is 0 Å². The van der Waals surface area contributed by atoms with Crippen LogP contribution in [0.3, 0.4) is 0 Å². The van der Waals surface area contributed by atoms with Crippen LogP contribution >= 0.6 is 11.6 Å². The molecule has 1 fully saturated rings. The Morgan fingerprint density at radius 3 is 2.68 bits per heavy atom. The van der Waals surface area contributed by atoms with Crippen molar-refractivity contribution in [1.29, 1.82) is 10.8 Å². The number of nitrogens with zero attached hydrogens (tertiary/aromatic N) is 2. The fourth-order valence-electron chi connectivity index (χ4n) is 2.67. The number of hydrogen-bond donors (Lipinski definition) is 3. The fourth-order valence-corrected chi connectivity index (χ4v) is 2.78. The summed E-state index contributed by atoms with van der Waals surface area (Å²) >= 11 is 5.50. The number of allylic oxidation sites excluding steroid dienone is 2. The predicted molar refractivity (Wildman–Crippen MR) is 94.8 cm³/mol. The minimum Gasteiger partial charge on any atom is -0.308 e. The van der Waals surface area contributed by atoms with Crippen molar-refractivity contribution in [3.63, 3.8) is 0 Å². The van der Waals surface area contributed by atoms with Gasteiger partial charge in [0.15, 0.2) is 5.82 Å². The molecule has 0 radical (unpaired) electrons. The van der Waals surface area contributed by atoms with Gasteiger partial charge in [0.05, 0.1) is 11.1 Å². The zero-order valence-corrected chi connectivity index (χ0v) is 13.8. The summed E-state index contributed by atoms with van der Waals surface area (Å²) in [6, 6.07) is 7.84. The minimum atomic E-state index is -0.854. The third-order valence-electron chi connectivity index (χ3n) is 4.09. The van der Waals surface area contributed by atoms with Gasteiger partial charge in [-0.3, -0.25) is 10.2 Å². The third kappa shape index (κ3) is 3.36. The largest absolute Gasteiger partial charge is 0.308 e. The maximum absolute atomic E-state index is 14.0. The van der Waals surface area contributed by atoms with Crippen molar-refractivity contribution in [2.45, 2.75) is 18.3 Å². The number of aromatic nitrogens is 2. The number of rotatable bonds is 6. The van der Waals surface area contributed by atoms with Gasteiger partial charge in [0.1, 0.15) is 11.0 Å². The lowest BCUT2D eigenvalue weighted by Gasteiger charge is -2.15. The first-order chi connectivity index (χ1) is 12.0. The minimum absolute atomic E-state index is 0.240. The normalized spacial score (nSPS) is 15.5. The molecular weight excluding hydrogens is 345 g/mol. The molecule has 1 aromatic carbocycles. The van der Waals surface area contributed by atoms with Crippen LogP contribution in [-0.4, -0.2) is 27.1 Å². The Hall–Kier alpha value is -2.80. The Morgan fingerprint density at radius 2 is 2.08 bits per heavy atom. The van der Waals surface area contributed by atoms with Crippen LogP contribution in [0.15, 0.2) is 42.6 Å². The van der Waals surface area contributed by atoms with Crippen LogP contribution < -0.4 is 5.32 Å². The van der Waals surface area contributed by atoms with Crippen LogP contribution in [0.5, 0.6) is 0 Å². The molecule has 1 aromatic heterocycles. The standard InChI is InChI=1S/C17H15ClFN5O/c18-14(21)9-11(10-20)24-8-5-15(23-24)22-16(25)17(6-7-17)12-3-1-2-4-13(12)19/h1-5,8-10,20-21H,6-7H2,(H,22,23,25)/b11-9+,20-10?,21-14?. The van der Waals surface area contributed by atoms with E-state index in [1.165, 1.54) is 23.0 Å². The zero-order chi connectivity index (χ0) is 18.0. The number of carbonyl (C=O) groups is 1. The van der Waals surface area contributed by atoms with Crippen molar-refractivity contribution < 1.29 is 9.18 Å². The topological polar surface area (TPSA) is 94.6 Å². The molecule has 1 saturated carbocycles. The summed E-state index contributed by atoms with van der Waals surface area (Å²) in [5, 5.41) is 21.2. The lowest BCUT2D eigenvalue weighted by atomic mass is 9.94. The second kappa shape index (κ2) is 6.60. The van der Waals surface area contributed by atoms with Crippen LogP contribution in [0, 0.1) is 16.6 Å². The van der Waals surface area contributed by atoms with Crippen molar-refractivity contribution >= 4 is 40.4 Å². The van der Waals surface area contributed by atoms with E-state index in [1.54, 1.807) is 24.3 Å². The van der Waals surface area contributed by atoms with E-state index in [1.807, 2.05) is 0 Å². The smallest absolute Gasteiger partial charge is 0.236 e. The van der Waals surface area contributed by atoms with Gasteiger partial charge in [-0.1, -0.05) is 29.8 Å². The average Bonchev–Trinajstić information content (AvgIpc) is 3.26. The number of nitrogens with one attached hydrogen (secondary N) is 3. The molecule has 3 N–H and O–H groups in total. The molecule has 1 heterocycles. The molecule has 3 rings (SSSR count). The highest BCUT2D eigenvalue weighted by atomic mass is 35.5. The van der Waals surface area contributed by atoms with E-state index >= 15 is 0 Å². The summed E-state index contributed by atoms with van der Waals surface area (Å²) < 4.78 is 15.4. The Balaban J connectivity index is 1.80. The highest BCUT2D eigenvalue weighted by molar-refractivity contribution is 6.68. The van der Waals surface area contributed by atoms with Gasteiger partial charge in [0, 0.05) is 30.1 Å². The van der Waals surface area contributed by atoms with Crippen LogP contribution in [0.25, 0.3) is 5.70 Å². The van der Waals surface area contributed by atoms with Gasteiger partial charge < -0.3 is 10.7 Å². The molecule has 0 spiro atoms. The average molecular weight is 360 g/mol. The Bertz CT molecular complexity index is 885. The van der Waals surface area contributed by atoms with Gasteiger partial charge in [-0.15, -0.1) is 0 Å². The number of carbonyl (C=O) groups excluding carboxylic acids is 1. The van der Waals surface area contributed by atoms with Crippen molar-refractivity contribution in [2.75, 3.05) is 5.32 Å². The highest BCUT2D eigenvalue weighted by Gasteiger charge is 2.52. The summed E-state index contributed by atoms with van der Waals surface area (Å²) in [7, 11) is 0. The quantitative estimate of drug-likeness (QED) is 0.689. The van der Waals surface area contributed by atoms with Gasteiger partial charge in [-0.25, -0.2) is 9.07 Å². The molecule has 25 heavy (non-hydrogen) atoms. The number of hydrogen-bond acceptors (Lipinski definition) is 4. The molecule has 1 aliphatic rings. The molecular formula is C17H15ClFN5O. The molecule has 0 aliphatic heterocycles. The second-order valence-corrected chi connectivity index (χ2v) is 6.13. The molecule has 128 valence electrons. The van der Waals surface area contributed by atoms with E-state index in [4.69, 9.17) is 22.4 Å². The van der Waals surface area contributed by atoms with Gasteiger partial charge in [0.25, 0.3) is 0 Å². The SMILES string of the molecule is N=C/C(=C\C(=N)Cl)n1ccc(NC(=O)C2(c3ccccc3F)CC2)n1. The number of amides is 1. The first-order valence-corrected chi connectivity index (χ1v) is 7.93. The number of benzene rings is 1. The van der Waals surface area contributed by atoms with Crippen molar-refractivity contribution in [3.05, 3.63) is 54.0 Å². The molecule has 1 aliphatic carbocycles. The summed E-state index contributed by atoms with van der Waals surface area (Å²) in [5.41, 5.74) is -0.188. The van der Waals surface area contributed by atoms with E-state index < -0.39 is 11.2 Å². The Morgan fingerprint density at radius 1 is 1.36 bits per heavy atom. The fraction of sp³-hybridized carbons (Fsp3) is 0.176. The summed E-state index contributed by atoms with van der Waals surface area (Å²) in [6.07, 6.45) is 4.95. The maximum atomic E-state index is 14.0. The molecule has 0 atom stereocenters. The van der Waals surface area contributed by atoms with Gasteiger partial charge in [-0.05, 0) is 18.9 Å². The lowest BCUT2D eigenvalue weighted by molar-refractivity contribution is -0.118. The maximum Gasteiger partial charge on any atom is 0.236 e. The molecule has 8 heteroatoms. The van der Waals surface area contributed by atoms with E-state index in [9.17, 15) is 9.18 Å². The molecule has 1 amide bonds. The first kappa shape index (κ1) is 17.0. The van der Waals surface area contributed by atoms with Crippen LogP contribution in [0.2, 0.25) is 0 Å². The zero-order valence-electron chi connectivity index (χ0n) is 13.1. The Labute approximate surface area is 148 Å². The predicted octanol–water partition coefficient (Wildman–Crippen LogP) is 3.40. The third-order valence-corrected chi connectivity index (χ3v) is 4.20. The summed E-state index contributed by atoms with van der Waals surface area (Å²) in [6.45, 7) is 0. The van der Waals surface area contributed by atoms with Crippen LogP contribution in [0.4, 0.5) is 10.2 Å². The molecule has 2 aromatic rings. The second-order valence-electron chi connectivity index (χ2n) is 5.72. The molecule has 0 unspecified atom stereocenters. The van der Waals surface area contributed by atoms with E-state index in [-0.39, 0.29) is 22.6 Å². The van der Waals surface area contributed by atoms with E-state index in [0.29, 0.717) is 18.4 Å². The van der Waals surface area contributed by atoms with Crippen molar-refractivity contribution in [2.24, 2.45) is 0 Å². The monoisotopic (exact) mass is 359 g/mol. The molecule has 0 bridgehead atoms. The van der Waals surface area contributed by atoms with Gasteiger partial charge in [-0.2, -0.15) is 5.10 Å². The number of anilines is 1. The van der Waals surface area contributed by atoms with Crippen molar-refractivity contribution in [3.8, 4) is 0 Å². The number of halogens is 2. The molecule has 6 nitrogen and oxygen atoms in total. The summed E-state index contributed by atoms with van der Waals surface area (Å²) in [4.78, 5) is 12.6. The summed E-state index contributed by atoms with van der Waals surface area (Å²) in [5.74, 6) is -0.426. The Kier molecular flexibility index (Phi) is 4.50. The lowest BCUT2D eigenvalue weighted by Crippen LogP contribution is -2.29. The van der Waals surface area contributed by atoms with Crippen LogP contribution in [-0.2, 0) is 10.2 Å². The van der Waals surface area contributed by atoms with E-state index in [0.717, 1.165) is 6.21 Å². The first-order valence-electron chi connectivity index (χ1n) is 7.55. The van der Waals surface area contributed by atoms with Gasteiger partial charge in [0.2, 0.25) is 5.91 Å². The van der Waals surface area contributed by atoms with Crippen molar-refractivity contribution in [1.82, 2.24) is 9.78 Å². The molecule has 0 saturated heterocycles.